The molecule has 4 nitrogen and oxygen atoms in total. The molecule has 0 radical (unpaired) electrons. The first-order chi connectivity index (χ1) is 6.48. The fraction of sp³-hybridized carbons (Fsp3) is 0.625. The van der Waals surface area contributed by atoms with Crippen LogP contribution in [0.5, 0.6) is 0 Å². The zero-order valence-corrected chi connectivity index (χ0v) is 10.6. The molecule has 1 aromatic heterocycles. The van der Waals surface area contributed by atoms with E-state index in [2.05, 4.69) is 26.1 Å². The fourth-order valence-corrected chi connectivity index (χ4v) is 1.99. The molecule has 0 saturated carbocycles. The third-order valence-electron chi connectivity index (χ3n) is 1.59. The first kappa shape index (κ1) is 11.6. The highest BCUT2D eigenvalue weighted by molar-refractivity contribution is 9.10. The monoisotopic (exact) mass is 278 g/mol. The second-order valence-corrected chi connectivity index (χ2v) is 5.62. The molecule has 1 unspecified atom stereocenters. The minimum absolute atomic E-state index is 0.337. The van der Waals surface area contributed by atoms with Gasteiger partial charge in [-0.2, -0.15) is 0 Å². The molecule has 1 aromatic rings. The Kier molecular flexibility index (Phi) is 3.60. The van der Waals surface area contributed by atoms with E-state index in [1.165, 1.54) is 11.3 Å². The van der Waals surface area contributed by atoms with E-state index in [9.17, 15) is 4.79 Å². The van der Waals surface area contributed by atoms with Crippen molar-refractivity contribution in [2.24, 2.45) is 0 Å². The van der Waals surface area contributed by atoms with Gasteiger partial charge in [-0.1, -0.05) is 27.3 Å². The topological polar surface area (TPSA) is 52.1 Å². The summed E-state index contributed by atoms with van der Waals surface area (Å²) in [6.07, 6.45) is 0. The number of esters is 1. The zero-order chi connectivity index (χ0) is 10.8. The molecule has 1 heterocycles. The van der Waals surface area contributed by atoms with Crippen molar-refractivity contribution >= 4 is 33.2 Å². The average molecular weight is 279 g/mol. The van der Waals surface area contributed by atoms with E-state index in [4.69, 9.17) is 4.74 Å². The van der Waals surface area contributed by atoms with Crippen molar-refractivity contribution in [3.05, 3.63) is 10.0 Å². The Morgan fingerprint density at radius 3 is 2.71 bits per heavy atom. The molecular formula is C8H11BrN2O2S. The van der Waals surface area contributed by atoms with E-state index in [1.807, 2.05) is 6.92 Å². The third-order valence-corrected chi connectivity index (χ3v) is 3.61. The van der Waals surface area contributed by atoms with Gasteiger partial charge < -0.3 is 4.74 Å². The Bertz CT molecular complexity index is 338. The van der Waals surface area contributed by atoms with Gasteiger partial charge in [0.1, 0.15) is 10.0 Å². The normalized spacial score (nSPS) is 14.9. The molecule has 6 heteroatoms. The van der Waals surface area contributed by atoms with Crippen molar-refractivity contribution in [3.63, 3.8) is 0 Å². The molecule has 0 spiro atoms. The predicted molar refractivity (Wildman–Crippen MR) is 57.6 cm³/mol. The number of aromatic nitrogens is 2. The first-order valence-electron chi connectivity index (χ1n) is 4.15. The molecule has 0 bridgehead atoms. The summed E-state index contributed by atoms with van der Waals surface area (Å²) in [4.78, 5) is 11.5. The number of aryl methyl sites for hydroxylation is 1. The van der Waals surface area contributed by atoms with Crippen LogP contribution in [-0.2, 0) is 13.9 Å². The summed E-state index contributed by atoms with van der Waals surface area (Å²) in [7, 11) is 0. The van der Waals surface area contributed by atoms with Gasteiger partial charge in [0, 0.05) is 0 Å². The van der Waals surface area contributed by atoms with Crippen LogP contribution >= 0.6 is 27.3 Å². The van der Waals surface area contributed by atoms with Gasteiger partial charge >= 0.3 is 5.97 Å². The summed E-state index contributed by atoms with van der Waals surface area (Å²) < 4.78 is 4.04. The van der Waals surface area contributed by atoms with E-state index in [0.717, 1.165) is 5.01 Å². The Labute approximate surface area is 94.8 Å². The number of hydrogen-bond acceptors (Lipinski definition) is 5. The quantitative estimate of drug-likeness (QED) is 0.627. The summed E-state index contributed by atoms with van der Waals surface area (Å²) in [6, 6.07) is 0. The second kappa shape index (κ2) is 4.35. The van der Waals surface area contributed by atoms with Crippen LogP contribution < -0.4 is 0 Å². The summed E-state index contributed by atoms with van der Waals surface area (Å²) in [5.41, 5.74) is 0. The van der Waals surface area contributed by atoms with Crippen LogP contribution in [0.15, 0.2) is 0 Å². The summed E-state index contributed by atoms with van der Waals surface area (Å²) in [6.45, 7) is 5.69. The number of alkyl halides is 1. The van der Waals surface area contributed by atoms with Crippen molar-refractivity contribution in [1.29, 1.82) is 0 Å². The maximum Gasteiger partial charge on any atom is 0.329 e. The number of carbonyl (C=O) groups excluding carboxylic acids is 1. The summed E-state index contributed by atoms with van der Waals surface area (Å²) in [5.74, 6) is -0.337. The number of carbonyl (C=O) groups is 1. The van der Waals surface area contributed by atoms with Crippen LogP contribution in [0.3, 0.4) is 0 Å². The number of nitrogens with zero attached hydrogens (tertiary/aromatic N) is 2. The SMILES string of the molecule is CCOC(=O)C(C)(Br)c1nnc(C)s1. The van der Waals surface area contributed by atoms with Crippen molar-refractivity contribution in [2.45, 2.75) is 25.1 Å². The van der Waals surface area contributed by atoms with Crippen LogP contribution in [0.1, 0.15) is 23.9 Å². The largest absolute Gasteiger partial charge is 0.465 e. The number of halogens is 1. The molecule has 1 rings (SSSR count). The molecular weight excluding hydrogens is 268 g/mol. The Morgan fingerprint density at radius 1 is 1.64 bits per heavy atom. The smallest absolute Gasteiger partial charge is 0.329 e. The lowest BCUT2D eigenvalue weighted by molar-refractivity contribution is -0.145. The van der Waals surface area contributed by atoms with Crippen molar-refractivity contribution in [3.8, 4) is 0 Å². The second-order valence-electron chi connectivity index (χ2n) is 2.85. The summed E-state index contributed by atoms with van der Waals surface area (Å²) >= 11 is 4.68. The molecule has 0 saturated heterocycles. The molecule has 78 valence electrons. The van der Waals surface area contributed by atoms with Crippen molar-refractivity contribution in [2.75, 3.05) is 6.61 Å². The standard InChI is InChI=1S/C8H11BrN2O2S/c1-4-13-7(12)8(3,9)6-11-10-5(2)14-6/h4H2,1-3H3. The lowest BCUT2D eigenvalue weighted by Crippen LogP contribution is -2.27. The minimum atomic E-state index is -0.880. The van der Waals surface area contributed by atoms with Crippen LogP contribution in [0.2, 0.25) is 0 Å². The number of rotatable bonds is 3. The van der Waals surface area contributed by atoms with Crippen LogP contribution in [0.4, 0.5) is 0 Å². The number of hydrogen-bond donors (Lipinski definition) is 0. The van der Waals surface area contributed by atoms with Gasteiger partial charge in [-0.25, -0.2) is 0 Å². The predicted octanol–water partition coefficient (Wildman–Crippen LogP) is 2.02. The van der Waals surface area contributed by atoms with Crippen molar-refractivity contribution < 1.29 is 9.53 Å². The fourth-order valence-electron chi connectivity index (χ4n) is 0.840. The molecule has 14 heavy (non-hydrogen) atoms. The molecule has 1 atom stereocenters. The van der Waals surface area contributed by atoms with Crippen LogP contribution in [-0.4, -0.2) is 22.8 Å². The van der Waals surface area contributed by atoms with E-state index >= 15 is 0 Å². The molecule has 0 aliphatic carbocycles. The van der Waals surface area contributed by atoms with E-state index in [-0.39, 0.29) is 5.97 Å². The highest BCUT2D eigenvalue weighted by Gasteiger charge is 2.37. The van der Waals surface area contributed by atoms with E-state index in [0.29, 0.717) is 11.6 Å². The van der Waals surface area contributed by atoms with Gasteiger partial charge in [0.05, 0.1) is 6.61 Å². The van der Waals surface area contributed by atoms with Crippen LogP contribution in [0, 0.1) is 6.92 Å². The molecule has 0 fully saturated rings. The lowest BCUT2D eigenvalue weighted by atomic mass is 10.2. The van der Waals surface area contributed by atoms with Gasteiger partial charge in [0.15, 0.2) is 4.32 Å². The van der Waals surface area contributed by atoms with Gasteiger partial charge in [-0.3, -0.25) is 4.79 Å². The molecule has 0 amide bonds. The van der Waals surface area contributed by atoms with Gasteiger partial charge in [-0.15, -0.1) is 10.2 Å². The molecule has 0 aromatic carbocycles. The molecule has 0 aliphatic rings. The Morgan fingerprint density at radius 2 is 2.29 bits per heavy atom. The van der Waals surface area contributed by atoms with Crippen molar-refractivity contribution in [1.82, 2.24) is 10.2 Å². The van der Waals surface area contributed by atoms with Gasteiger partial charge in [-0.05, 0) is 20.8 Å². The van der Waals surface area contributed by atoms with Gasteiger partial charge in [0.2, 0.25) is 0 Å². The molecule has 0 aliphatic heterocycles. The third kappa shape index (κ3) is 2.30. The number of ether oxygens (including phenoxy) is 1. The minimum Gasteiger partial charge on any atom is -0.465 e. The zero-order valence-electron chi connectivity index (χ0n) is 8.20. The molecule has 0 N–H and O–H groups in total. The Balaban J connectivity index is 2.89. The average Bonchev–Trinajstić information content (AvgIpc) is 2.52. The maximum absolute atomic E-state index is 11.5. The van der Waals surface area contributed by atoms with Crippen LogP contribution in [0.25, 0.3) is 0 Å². The highest BCUT2D eigenvalue weighted by Crippen LogP contribution is 2.33. The lowest BCUT2D eigenvalue weighted by Gasteiger charge is -2.16. The summed E-state index contributed by atoms with van der Waals surface area (Å²) in [5, 5.41) is 9.22. The first-order valence-corrected chi connectivity index (χ1v) is 5.76. The van der Waals surface area contributed by atoms with E-state index in [1.54, 1.807) is 13.8 Å². The van der Waals surface area contributed by atoms with E-state index < -0.39 is 4.32 Å². The Hall–Kier alpha value is -0.490. The highest BCUT2D eigenvalue weighted by atomic mass is 79.9. The van der Waals surface area contributed by atoms with Gasteiger partial charge in [0.25, 0.3) is 0 Å². The maximum atomic E-state index is 11.5.